The predicted molar refractivity (Wildman–Crippen MR) is 114 cm³/mol. The Balaban J connectivity index is 1.14. The number of piperazine rings is 1. The van der Waals surface area contributed by atoms with Crippen LogP contribution >= 0.6 is 0 Å². The van der Waals surface area contributed by atoms with Gasteiger partial charge in [0.25, 0.3) is 0 Å². The summed E-state index contributed by atoms with van der Waals surface area (Å²) in [7, 11) is 0. The SMILES string of the molecule is O=C(CCNC(=O)N1CCC(N2CCCC2)C1)N1CCN(c2ccccc2)CC1. The second-order valence-corrected chi connectivity index (χ2v) is 8.32. The van der Waals surface area contributed by atoms with E-state index < -0.39 is 0 Å². The Bertz CT molecular complexity index is 684. The summed E-state index contributed by atoms with van der Waals surface area (Å²) >= 11 is 0. The minimum Gasteiger partial charge on any atom is -0.368 e. The third-order valence-corrected chi connectivity index (χ3v) is 6.48. The lowest BCUT2D eigenvalue weighted by atomic mass is 10.2. The van der Waals surface area contributed by atoms with Crippen molar-refractivity contribution >= 4 is 17.6 Å². The smallest absolute Gasteiger partial charge is 0.317 e. The van der Waals surface area contributed by atoms with Crippen molar-refractivity contribution in [3.05, 3.63) is 30.3 Å². The van der Waals surface area contributed by atoms with E-state index in [1.54, 1.807) is 0 Å². The molecule has 1 atom stereocenters. The quantitative estimate of drug-likeness (QED) is 0.817. The summed E-state index contributed by atoms with van der Waals surface area (Å²) in [6.07, 6.45) is 4.01. The number of amides is 3. The van der Waals surface area contributed by atoms with Gasteiger partial charge in [0.1, 0.15) is 0 Å². The molecule has 4 rings (SSSR count). The number of hydrogen-bond acceptors (Lipinski definition) is 4. The fourth-order valence-electron chi connectivity index (χ4n) is 4.73. The molecule has 0 spiro atoms. The third kappa shape index (κ3) is 5.01. The maximum atomic E-state index is 12.5. The van der Waals surface area contributed by atoms with Gasteiger partial charge in [-0.2, -0.15) is 0 Å². The van der Waals surface area contributed by atoms with Gasteiger partial charge in [0, 0.05) is 64.0 Å². The first kappa shape index (κ1) is 20.0. The highest BCUT2D eigenvalue weighted by Gasteiger charge is 2.31. The Morgan fingerprint density at radius 3 is 2.34 bits per heavy atom. The second-order valence-electron chi connectivity index (χ2n) is 8.32. The Kier molecular flexibility index (Phi) is 6.54. The van der Waals surface area contributed by atoms with Crippen LogP contribution in [0.2, 0.25) is 0 Å². The average molecular weight is 400 g/mol. The number of nitrogens with zero attached hydrogens (tertiary/aromatic N) is 4. The van der Waals surface area contributed by atoms with Gasteiger partial charge in [0.15, 0.2) is 0 Å². The Morgan fingerprint density at radius 1 is 0.897 bits per heavy atom. The van der Waals surface area contributed by atoms with Crippen molar-refractivity contribution in [1.29, 1.82) is 0 Å². The number of benzene rings is 1. The van der Waals surface area contributed by atoms with Gasteiger partial charge in [-0.15, -0.1) is 0 Å². The molecule has 3 aliphatic heterocycles. The molecule has 1 aromatic rings. The van der Waals surface area contributed by atoms with Gasteiger partial charge in [0.05, 0.1) is 0 Å². The van der Waals surface area contributed by atoms with E-state index in [-0.39, 0.29) is 11.9 Å². The summed E-state index contributed by atoms with van der Waals surface area (Å²) in [6.45, 7) is 7.60. The fourth-order valence-corrected chi connectivity index (χ4v) is 4.73. The fraction of sp³-hybridized carbons (Fsp3) is 0.636. The normalized spacial score (nSPS) is 22.9. The lowest BCUT2D eigenvalue weighted by molar-refractivity contribution is -0.131. The van der Waals surface area contributed by atoms with Crippen molar-refractivity contribution in [2.75, 3.05) is 63.8 Å². The van der Waals surface area contributed by atoms with Crippen LogP contribution in [0.4, 0.5) is 10.5 Å². The Morgan fingerprint density at radius 2 is 1.62 bits per heavy atom. The molecular weight excluding hydrogens is 366 g/mol. The average Bonchev–Trinajstić information content (AvgIpc) is 3.46. The molecule has 1 N–H and O–H groups in total. The van der Waals surface area contributed by atoms with Gasteiger partial charge in [0.2, 0.25) is 5.91 Å². The van der Waals surface area contributed by atoms with Crippen LogP contribution in [0.15, 0.2) is 30.3 Å². The van der Waals surface area contributed by atoms with Crippen LogP contribution in [0.1, 0.15) is 25.7 Å². The van der Waals surface area contributed by atoms with E-state index >= 15 is 0 Å². The number of anilines is 1. The summed E-state index contributed by atoms with van der Waals surface area (Å²) < 4.78 is 0. The third-order valence-electron chi connectivity index (χ3n) is 6.48. The van der Waals surface area contributed by atoms with Gasteiger partial charge in [-0.1, -0.05) is 18.2 Å². The van der Waals surface area contributed by atoms with E-state index in [9.17, 15) is 9.59 Å². The summed E-state index contributed by atoms with van der Waals surface area (Å²) in [4.78, 5) is 33.6. The summed E-state index contributed by atoms with van der Waals surface area (Å²) in [5, 5.41) is 2.95. The Hall–Kier alpha value is -2.28. The molecule has 0 aromatic heterocycles. The minimum atomic E-state index is -0.0200. The van der Waals surface area contributed by atoms with Crippen molar-refractivity contribution in [2.24, 2.45) is 0 Å². The minimum absolute atomic E-state index is 0.0200. The topological polar surface area (TPSA) is 59.1 Å². The van der Waals surface area contributed by atoms with Crippen LogP contribution in [-0.2, 0) is 4.79 Å². The molecule has 7 heteroatoms. The van der Waals surface area contributed by atoms with Gasteiger partial charge in [-0.3, -0.25) is 9.69 Å². The summed E-state index contributed by atoms with van der Waals surface area (Å²) in [6, 6.07) is 10.8. The molecule has 0 radical (unpaired) electrons. The molecule has 1 unspecified atom stereocenters. The molecule has 3 saturated heterocycles. The number of carbonyl (C=O) groups excluding carboxylic acids is 2. The zero-order chi connectivity index (χ0) is 20.1. The van der Waals surface area contributed by atoms with E-state index in [1.165, 1.54) is 31.6 Å². The van der Waals surface area contributed by atoms with Gasteiger partial charge in [-0.05, 0) is 44.5 Å². The molecule has 158 valence electrons. The van der Waals surface area contributed by atoms with E-state index in [2.05, 4.69) is 27.2 Å². The van der Waals surface area contributed by atoms with Crippen LogP contribution in [0, 0.1) is 0 Å². The van der Waals surface area contributed by atoms with Crippen molar-refractivity contribution in [1.82, 2.24) is 20.0 Å². The highest BCUT2D eigenvalue weighted by molar-refractivity contribution is 5.78. The van der Waals surface area contributed by atoms with E-state index in [1.807, 2.05) is 28.0 Å². The molecule has 3 amide bonds. The number of para-hydroxylation sites is 1. The number of likely N-dealkylation sites (tertiary alicyclic amines) is 2. The van der Waals surface area contributed by atoms with Gasteiger partial charge in [-0.25, -0.2) is 4.79 Å². The largest absolute Gasteiger partial charge is 0.368 e. The number of rotatable bonds is 5. The van der Waals surface area contributed by atoms with Crippen LogP contribution in [0.5, 0.6) is 0 Å². The maximum absolute atomic E-state index is 12.5. The number of nitrogens with one attached hydrogen (secondary N) is 1. The van der Waals surface area contributed by atoms with E-state index in [0.717, 1.165) is 45.7 Å². The molecular formula is C22H33N5O2. The molecule has 0 saturated carbocycles. The predicted octanol–water partition coefficient (Wildman–Crippen LogP) is 1.61. The first-order chi connectivity index (χ1) is 14.2. The maximum Gasteiger partial charge on any atom is 0.317 e. The van der Waals surface area contributed by atoms with Gasteiger partial charge < -0.3 is 20.0 Å². The zero-order valence-electron chi connectivity index (χ0n) is 17.3. The van der Waals surface area contributed by atoms with Crippen molar-refractivity contribution < 1.29 is 9.59 Å². The molecule has 3 fully saturated rings. The molecule has 7 nitrogen and oxygen atoms in total. The molecule has 3 heterocycles. The Labute approximate surface area is 173 Å². The highest BCUT2D eigenvalue weighted by atomic mass is 16.2. The van der Waals surface area contributed by atoms with Crippen LogP contribution in [-0.4, -0.2) is 91.6 Å². The second kappa shape index (κ2) is 9.48. The van der Waals surface area contributed by atoms with Crippen molar-refractivity contribution in [2.45, 2.75) is 31.7 Å². The molecule has 0 bridgehead atoms. The number of hydrogen-bond donors (Lipinski definition) is 1. The number of carbonyl (C=O) groups is 2. The first-order valence-electron chi connectivity index (χ1n) is 11.1. The molecule has 29 heavy (non-hydrogen) atoms. The highest BCUT2D eigenvalue weighted by Crippen LogP contribution is 2.20. The van der Waals surface area contributed by atoms with E-state index in [4.69, 9.17) is 0 Å². The van der Waals surface area contributed by atoms with Crippen LogP contribution in [0.25, 0.3) is 0 Å². The van der Waals surface area contributed by atoms with Crippen LogP contribution < -0.4 is 10.2 Å². The number of urea groups is 1. The van der Waals surface area contributed by atoms with Gasteiger partial charge >= 0.3 is 6.03 Å². The lowest BCUT2D eigenvalue weighted by Gasteiger charge is -2.36. The zero-order valence-corrected chi connectivity index (χ0v) is 17.3. The molecule has 3 aliphatic rings. The molecule has 1 aromatic carbocycles. The monoisotopic (exact) mass is 399 g/mol. The van der Waals surface area contributed by atoms with Crippen molar-refractivity contribution in [3.8, 4) is 0 Å². The summed E-state index contributed by atoms with van der Waals surface area (Å²) in [5.74, 6) is 0.134. The van der Waals surface area contributed by atoms with Crippen LogP contribution in [0.3, 0.4) is 0 Å². The standard InChI is InChI=1S/C22H33N5O2/c28-21(26-16-14-25(15-17-26)19-6-2-1-3-7-19)8-10-23-22(29)27-13-9-20(18-27)24-11-4-5-12-24/h1-3,6-7,20H,4-5,8-18H2,(H,23,29). The molecule has 0 aliphatic carbocycles. The van der Waals surface area contributed by atoms with Crippen molar-refractivity contribution in [3.63, 3.8) is 0 Å². The first-order valence-corrected chi connectivity index (χ1v) is 11.1. The van der Waals surface area contributed by atoms with E-state index in [0.29, 0.717) is 19.0 Å². The lowest BCUT2D eigenvalue weighted by Crippen LogP contribution is -2.49. The summed E-state index contributed by atoms with van der Waals surface area (Å²) in [5.41, 5.74) is 1.21.